The van der Waals surface area contributed by atoms with Crippen molar-refractivity contribution in [3.63, 3.8) is 0 Å². The molecule has 0 atom stereocenters. The van der Waals surface area contributed by atoms with Gasteiger partial charge in [-0.15, -0.1) is 0 Å². The molecule has 0 saturated carbocycles. The number of hydrogen-bond acceptors (Lipinski definition) is 11. The number of amides is 1. The molecule has 0 bridgehead atoms. The zero-order chi connectivity index (χ0) is 31.0. The molecule has 3 aromatic rings. The summed E-state index contributed by atoms with van der Waals surface area (Å²) in [5, 5.41) is 8.32. The van der Waals surface area contributed by atoms with E-state index in [1.54, 1.807) is 30.6 Å². The Morgan fingerprint density at radius 3 is 1.56 bits per heavy atom. The summed E-state index contributed by atoms with van der Waals surface area (Å²) in [7, 11) is 0. The number of nitrogens with zero attached hydrogens (tertiary/aromatic N) is 3. The van der Waals surface area contributed by atoms with Gasteiger partial charge < -0.3 is 24.8 Å². The molecule has 0 aliphatic rings. The fraction of sp³-hybridized carbons (Fsp3) is 0.452. The molecule has 0 radical (unpaired) electrons. The number of hydrogen-bond donors (Lipinski definition) is 2. The van der Waals surface area contributed by atoms with Gasteiger partial charge in [0.1, 0.15) is 0 Å². The lowest BCUT2D eigenvalue weighted by Crippen LogP contribution is -2.46. The molecule has 0 spiro atoms. The molecule has 2 N–H and O–H groups in total. The highest BCUT2D eigenvalue weighted by Gasteiger charge is 2.20. The molecule has 0 saturated heterocycles. The van der Waals surface area contributed by atoms with E-state index in [1.807, 2.05) is 48.5 Å². The van der Waals surface area contributed by atoms with Crippen molar-refractivity contribution in [3.8, 4) is 0 Å². The van der Waals surface area contributed by atoms with Gasteiger partial charge in [0.2, 0.25) is 5.91 Å². The van der Waals surface area contributed by atoms with E-state index in [1.165, 1.54) is 0 Å². The molecular formula is C31H41N5O7. The minimum atomic E-state index is -0.483. The number of nitrogens with one attached hydrogen (secondary N) is 2. The largest absolute Gasteiger partial charge is 0.465 e. The lowest BCUT2D eigenvalue weighted by molar-refractivity contribution is -0.149. The van der Waals surface area contributed by atoms with Crippen LogP contribution < -0.4 is 10.6 Å². The molecular weight excluding hydrogens is 554 g/mol. The first-order chi connectivity index (χ1) is 20.8. The maximum atomic E-state index is 12.9. The van der Waals surface area contributed by atoms with Gasteiger partial charge in [0.25, 0.3) is 0 Å². The van der Waals surface area contributed by atoms with Crippen LogP contribution in [0.25, 0.3) is 21.8 Å². The van der Waals surface area contributed by atoms with Crippen molar-refractivity contribution in [3.05, 3.63) is 48.5 Å². The maximum Gasteiger partial charge on any atom is 0.320 e. The third-order valence-corrected chi connectivity index (χ3v) is 6.41. The Morgan fingerprint density at radius 2 is 1.09 bits per heavy atom. The van der Waals surface area contributed by atoms with Crippen LogP contribution in [-0.2, 0) is 33.4 Å². The maximum absolute atomic E-state index is 12.9. The first kappa shape index (κ1) is 33.2. The van der Waals surface area contributed by atoms with Crippen molar-refractivity contribution in [2.45, 2.75) is 20.8 Å². The van der Waals surface area contributed by atoms with E-state index < -0.39 is 17.9 Å². The molecule has 12 nitrogen and oxygen atoms in total. The zero-order valence-electron chi connectivity index (χ0n) is 25.1. The average molecular weight is 596 g/mol. The molecule has 1 aromatic heterocycles. The highest BCUT2D eigenvalue weighted by molar-refractivity contribution is 6.07. The van der Waals surface area contributed by atoms with Crippen LogP contribution >= 0.6 is 0 Å². The van der Waals surface area contributed by atoms with Gasteiger partial charge in [-0.25, -0.2) is 4.98 Å². The second kappa shape index (κ2) is 17.6. The van der Waals surface area contributed by atoms with Crippen LogP contribution in [0.4, 0.5) is 5.69 Å². The van der Waals surface area contributed by atoms with Crippen LogP contribution in [0.3, 0.4) is 0 Å². The summed E-state index contributed by atoms with van der Waals surface area (Å²) >= 11 is 0. The van der Waals surface area contributed by atoms with Crippen LogP contribution in [0.5, 0.6) is 0 Å². The van der Waals surface area contributed by atoms with Gasteiger partial charge >= 0.3 is 17.9 Å². The zero-order valence-corrected chi connectivity index (χ0v) is 25.1. The number of benzene rings is 2. The van der Waals surface area contributed by atoms with Crippen LogP contribution in [-0.4, -0.2) is 111 Å². The first-order valence-corrected chi connectivity index (χ1v) is 14.5. The molecule has 2 aromatic carbocycles. The fourth-order valence-corrected chi connectivity index (χ4v) is 4.56. The summed E-state index contributed by atoms with van der Waals surface area (Å²) < 4.78 is 15.1. The molecule has 12 heteroatoms. The van der Waals surface area contributed by atoms with Gasteiger partial charge in [-0.2, -0.15) is 0 Å². The Bertz CT molecular complexity index is 1310. The van der Waals surface area contributed by atoms with Gasteiger partial charge in [0, 0.05) is 37.0 Å². The van der Waals surface area contributed by atoms with E-state index in [4.69, 9.17) is 19.2 Å². The summed E-state index contributed by atoms with van der Waals surface area (Å²) in [5.41, 5.74) is 2.70. The molecule has 0 aliphatic carbocycles. The minimum Gasteiger partial charge on any atom is -0.465 e. The molecule has 0 unspecified atom stereocenters. The lowest BCUT2D eigenvalue weighted by Gasteiger charge is -2.25. The van der Waals surface area contributed by atoms with Crippen LogP contribution in [0.15, 0.2) is 48.5 Å². The third kappa shape index (κ3) is 10.8. The Balaban J connectivity index is 1.60. The summed E-state index contributed by atoms with van der Waals surface area (Å²) in [6.07, 6.45) is 0. The predicted octanol–water partition coefficient (Wildman–Crippen LogP) is 2.21. The van der Waals surface area contributed by atoms with Gasteiger partial charge in [0.15, 0.2) is 0 Å². The van der Waals surface area contributed by atoms with Crippen molar-refractivity contribution in [1.82, 2.24) is 20.1 Å². The third-order valence-electron chi connectivity index (χ3n) is 6.41. The van der Waals surface area contributed by atoms with Crippen molar-refractivity contribution < 1.29 is 33.4 Å². The Labute approximate surface area is 251 Å². The molecule has 232 valence electrons. The Kier molecular flexibility index (Phi) is 13.6. The standard InChI is InChI=1S/C31H41N5O7/c1-4-41-28(38)20-35(17-18-36(21-29(39)42-5-2)22-30(40)43-6-3)19-27(37)32-15-16-33-31-23-11-7-9-13-25(23)34-26-14-10-8-12-24(26)31/h7-14H,4-6,15-22H2,1-3H3,(H,32,37)(H,33,34). The number of rotatable bonds is 18. The number of fused-ring (bicyclic) bond motifs is 2. The Morgan fingerprint density at radius 1 is 0.651 bits per heavy atom. The Hall–Kier alpha value is -4.29. The number of carbonyl (C=O) groups excluding carboxylic acids is 4. The van der Waals surface area contributed by atoms with Crippen molar-refractivity contribution in [2.75, 3.05) is 77.5 Å². The van der Waals surface area contributed by atoms with Crippen molar-refractivity contribution >= 4 is 51.3 Å². The summed E-state index contributed by atoms with van der Waals surface area (Å²) in [6, 6.07) is 15.8. The number of pyridine rings is 1. The lowest BCUT2D eigenvalue weighted by atomic mass is 10.1. The molecule has 1 amide bonds. The minimum absolute atomic E-state index is 0.0768. The van der Waals surface area contributed by atoms with Gasteiger partial charge in [-0.3, -0.25) is 29.0 Å². The van der Waals surface area contributed by atoms with Crippen LogP contribution in [0.1, 0.15) is 20.8 Å². The molecule has 0 fully saturated rings. The second-order valence-corrected chi connectivity index (χ2v) is 9.63. The molecule has 3 rings (SSSR count). The van der Waals surface area contributed by atoms with Crippen molar-refractivity contribution in [1.29, 1.82) is 0 Å². The van der Waals surface area contributed by atoms with Gasteiger partial charge in [-0.05, 0) is 32.9 Å². The fourth-order valence-electron chi connectivity index (χ4n) is 4.56. The topological polar surface area (TPSA) is 139 Å². The predicted molar refractivity (Wildman–Crippen MR) is 164 cm³/mol. The van der Waals surface area contributed by atoms with Crippen LogP contribution in [0, 0.1) is 0 Å². The van der Waals surface area contributed by atoms with E-state index in [2.05, 4.69) is 10.6 Å². The van der Waals surface area contributed by atoms with E-state index >= 15 is 0 Å². The SMILES string of the molecule is CCOC(=O)CN(CCN(CC(=O)OCC)CC(=O)OCC)CC(=O)NCCNc1c2ccccc2nc2ccccc12. The van der Waals surface area contributed by atoms with Gasteiger partial charge in [-0.1, -0.05) is 36.4 Å². The number of ether oxygens (including phenoxy) is 3. The summed E-state index contributed by atoms with van der Waals surface area (Å²) in [5.74, 6) is -1.72. The normalized spacial score (nSPS) is 11.1. The average Bonchev–Trinajstić information content (AvgIpc) is 2.97. The summed E-state index contributed by atoms with van der Waals surface area (Å²) in [6.45, 7) is 6.52. The second-order valence-electron chi connectivity index (χ2n) is 9.63. The van der Waals surface area contributed by atoms with E-state index in [-0.39, 0.29) is 65.0 Å². The van der Waals surface area contributed by atoms with Crippen LogP contribution in [0.2, 0.25) is 0 Å². The molecule has 0 aliphatic heterocycles. The van der Waals surface area contributed by atoms with Crippen molar-refractivity contribution in [2.24, 2.45) is 0 Å². The number of esters is 3. The quantitative estimate of drug-likeness (QED) is 0.0968. The number of aromatic nitrogens is 1. The molecule has 43 heavy (non-hydrogen) atoms. The highest BCUT2D eigenvalue weighted by Crippen LogP contribution is 2.30. The molecule has 1 heterocycles. The smallest absolute Gasteiger partial charge is 0.320 e. The van der Waals surface area contributed by atoms with E-state index in [9.17, 15) is 19.2 Å². The monoisotopic (exact) mass is 595 g/mol. The summed E-state index contributed by atoms with van der Waals surface area (Å²) in [4.78, 5) is 57.3. The number of carbonyl (C=O) groups is 4. The van der Waals surface area contributed by atoms with E-state index in [0.717, 1.165) is 27.5 Å². The van der Waals surface area contributed by atoms with E-state index in [0.29, 0.717) is 13.1 Å². The van der Waals surface area contributed by atoms with Gasteiger partial charge in [0.05, 0.1) is 62.7 Å². The number of anilines is 1. The first-order valence-electron chi connectivity index (χ1n) is 14.5. The number of para-hydroxylation sites is 2. The highest BCUT2D eigenvalue weighted by atomic mass is 16.5.